The Morgan fingerprint density at radius 3 is 2.05 bits per heavy atom. The standard InChI is InChI=1S/C19H26/c1-7-9-15-13-17-16(12-14(15)8-2)18(3,4)10-11-19(17,5)6/h2,12-13H,7,9-11H2,1,3-6H3. The summed E-state index contributed by atoms with van der Waals surface area (Å²) in [7, 11) is 0. The SMILES string of the molecule is C#Cc1cc2c(cc1CCC)C(C)(C)CCC2(C)C. The van der Waals surface area contributed by atoms with Gasteiger partial charge in [0.15, 0.2) is 0 Å². The van der Waals surface area contributed by atoms with E-state index in [1.54, 1.807) is 0 Å². The van der Waals surface area contributed by atoms with Crippen LogP contribution in [0, 0.1) is 12.3 Å². The maximum absolute atomic E-state index is 5.72. The topological polar surface area (TPSA) is 0 Å². The molecule has 0 aromatic heterocycles. The summed E-state index contributed by atoms with van der Waals surface area (Å²) < 4.78 is 0. The molecule has 0 fully saturated rings. The molecule has 0 heterocycles. The third kappa shape index (κ3) is 2.44. The minimum absolute atomic E-state index is 0.251. The fourth-order valence-electron chi connectivity index (χ4n) is 3.27. The van der Waals surface area contributed by atoms with Crippen LogP contribution in [0.15, 0.2) is 12.1 Å². The lowest BCUT2D eigenvalue weighted by Crippen LogP contribution is -2.34. The molecule has 1 aromatic rings. The summed E-state index contributed by atoms with van der Waals surface area (Å²) in [5.74, 6) is 2.90. The zero-order valence-electron chi connectivity index (χ0n) is 13.1. The van der Waals surface area contributed by atoms with Crippen LogP contribution in [0.4, 0.5) is 0 Å². The Balaban J connectivity index is 2.67. The monoisotopic (exact) mass is 254 g/mol. The summed E-state index contributed by atoms with van der Waals surface area (Å²) >= 11 is 0. The van der Waals surface area contributed by atoms with Gasteiger partial charge in [-0.25, -0.2) is 0 Å². The van der Waals surface area contributed by atoms with E-state index >= 15 is 0 Å². The zero-order chi connectivity index (χ0) is 14.3. The van der Waals surface area contributed by atoms with Crippen molar-refractivity contribution in [3.63, 3.8) is 0 Å². The highest BCUT2D eigenvalue weighted by molar-refractivity contribution is 5.52. The second-order valence-corrected chi connectivity index (χ2v) is 7.22. The number of hydrogen-bond donors (Lipinski definition) is 0. The van der Waals surface area contributed by atoms with E-state index < -0.39 is 0 Å². The molecule has 0 amide bonds. The summed E-state index contributed by atoms with van der Waals surface area (Å²) in [6.45, 7) is 11.6. The number of aryl methyl sites for hydroxylation is 1. The van der Waals surface area contributed by atoms with Gasteiger partial charge in [-0.15, -0.1) is 6.42 Å². The van der Waals surface area contributed by atoms with Crippen molar-refractivity contribution in [2.24, 2.45) is 0 Å². The number of fused-ring (bicyclic) bond motifs is 1. The molecule has 0 saturated heterocycles. The summed E-state index contributed by atoms with van der Waals surface area (Å²) in [5.41, 5.74) is 5.98. The third-order valence-corrected chi connectivity index (χ3v) is 4.75. The molecule has 0 unspecified atom stereocenters. The van der Waals surface area contributed by atoms with E-state index in [1.165, 1.54) is 29.5 Å². The van der Waals surface area contributed by atoms with Crippen molar-refractivity contribution in [1.29, 1.82) is 0 Å². The van der Waals surface area contributed by atoms with Crippen molar-refractivity contribution in [3.05, 3.63) is 34.4 Å². The van der Waals surface area contributed by atoms with Crippen LogP contribution in [-0.4, -0.2) is 0 Å². The Hall–Kier alpha value is -1.22. The van der Waals surface area contributed by atoms with E-state index in [4.69, 9.17) is 6.42 Å². The molecule has 0 heteroatoms. The molecule has 0 nitrogen and oxygen atoms in total. The highest BCUT2D eigenvalue weighted by Crippen LogP contribution is 2.46. The molecular weight excluding hydrogens is 228 g/mol. The molecule has 0 N–H and O–H groups in total. The Labute approximate surface area is 118 Å². The lowest BCUT2D eigenvalue weighted by atomic mass is 9.62. The fraction of sp³-hybridized carbons (Fsp3) is 0.579. The molecule has 0 saturated carbocycles. The van der Waals surface area contributed by atoms with Crippen molar-refractivity contribution >= 4 is 0 Å². The lowest BCUT2D eigenvalue weighted by molar-refractivity contribution is 0.331. The van der Waals surface area contributed by atoms with Crippen LogP contribution in [0.2, 0.25) is 0 Å². The normalized spacial score (nSPS) is 19.6. The largest absolute Gasteiger partial charge is 0.115 e. The van der Waals surface area contributed by atoms with E-state index in [9.17, 15) is 0 Å². The average Bonchev–Trinajstić information content (AvgIpc) is 2.35. The van der Waals surface area contributed by atoms with Crippen molar-refractivity contribution < 1.29 is 0 Å². The highest BCUT2D eigenvalue weighted by atomic mass is 14.4. The molecule has 2 rings (SSSR count). The van der Waals surface area contributed by atoms with Crippen molar-refractivity contribution in [2.75, 3.05) is 0 Å². The van der Waals surface area contributed by atoms with Crippen LogP contribution in [0.25, 0.3) is 0 Å². The molecular formula is C19H26. The predicted molar refractivity (Wildman–Crippen MR) is 83.7 cm³/mol. The number of benzene rings is 1. The van der Waals surface area contributed by atoms with Gasteiger partial charge in [0.2, 0.25) is 0 Å². The Morgan fingerprint density at radius 2 is 1.58 bits per heavy atom. The second-order valence-electron chi connectivity index (χ2n) is 7.22. The van der Waals surface area contributed by atoms with Gasteiger partial charge in [-0.1, -0.05) is 53.0 Å². The molecule has 0 aliphatic heterocycles. The van der Waals surface area contributed by atoms with Gasteiger partial charge in [-0.2, -0.15) is 0 Å². The summed E-state index contributed by atoms with van der Waals surface area (Å²) in [5, 5.41) is 0. The van der Waals surface area contributed by atoms with Crippen LogP contribution >= 0.6 is 0 Å². The molecule has 102 valence electrons. The van der Waals surface area contributed by atoms with Gasteiger partial charge < -0.3 is 0 Å². The maximum atomic E-state index is 5.72. The van der Waals surface area contributed by atoms with Gasteiger partial charge in [0.25, 0.3) is 0 Å². The van der Waals surface area contributed by atoms with E-state index in [1.807, 2.05) is 0 Å². The highest BCUT2D eigenvalue weighted by Gasteiger charge is 2.37. The van der Waals surface area contributed by atoms with Gasteiger partial charge in [-0.05, 0) is 52.8 Å². The first-order chi connectivity index (χ1) is 8.81. The second kappa shape index (κ2) is 4.71. The van der Waals surface area contributed by atoms with Crippen LogP contribution in [-0.2, 0) is 17.3 Å². The molecule has 0 radical (unpaired) electrons. The smallest absolute Gasteiger partial charge is 0.0277 e. The molecule has 0 atom stereocenters. The van der Waals surface area contributed by atoms with Gasteiger partial charge in [0, 0.05) is 5.56 Å². The molecule has 0 bridgehead atoms. The van der Waals surface area contributed by atoms with Gasteiger partial charge >= 0.3 is 0 Å². The van der Waals surface area contributed by atoms with Crippen LogP contribution < -0.4 is 0 Å². The van der Waals surface area contributed by atoms with E-state index in [0.717, 1.165) is 18.4 Å². The minimum Gasteiger partial charge on any atom is -0.115 e. The van der Waals surface area contributed by atoms with E-state index in [0.29, 0.717) is 0 Å². The first-order valence-corrected chi connectivity index (χ1v) is 7.46. The zero-order valence-corrected chi connectivity index (χ0v) is 13.1. The molecule has 0 spiro atoms. The molecule has 1 aliphatic rings. The molecule has 19 heavy (non-hydrogen) atoms. The maximum Gasteiger partial charge on any atom is 0.0277 e. The molecule has 1 aromatic carbocycles. The van der Waals surface area contributed by atoms with Gasteiger partial charge in [-0.3, -0.25) is 0 Å². The Bertz CT molecular complexity index is 524. The number of hydrogen-bond acceptors (Lipinski definition) is 0. The fourth-order valence-corrected chi connectivity index (χ4v) is 3.27. The quantitative estimate of drug-likeness (QED) is 0.654. The lowest BCUT2D eigenvalue weighted by Gasteiger charge is -2.42. The van der Waals surface area contributed by atoms with Crippen LogP contribution in [0.1, 0.15) is 76.1 Å². The van der Waals surface area contributed by atoms with Crippen LogP contribution in [0.3, 0.4) is 0 Å². The summed E-state index contributed by atoms with van der Waals surface area (Å²) in [6.07, 6.45) is 10.5. The van der Waals surface area contributed by atoms with Gasteiger partial charge in [0.1, 0.15) is 0 Å². The Morgan fingerprint density at radius 1 is 1.05 bits per heavy atom. The number of terminal acetylenes is 1. The van der Waals surface area contributed by atoms with Crippen molar-refractivity contribution in [1.82, 2.24) is 0 Å². The summed E-state index contributed by atoms with van der Waals surface area (Å²) in [6, 6.07) is 4.69. The number of rotatable bonds is 2. The Kier molecular flexibility index (Phi) is 3.52. The summed E-state index contributed by atoms with van der Waals surface area (Å²) in [4.78, 5) is 0. The van der Waals surface area contributed by atoms with E-state index in [2.05, 4.69) is 52.7 Å². The van der Waals surface area contributed by atoms with Gasteiger partial charge in [0.05, 0.1) is 0 Å². The minimum atomic E-state index is 0.251. The van der Waals surface area contributed by atoms with Crippen LogP contribution in [0.5, 0.6) is 0 Å². The first-order valence-electron chi connectivity index (χ1n) is 7.46. The van der Waals surface area contributed by atoms with E-state index in [-0.39, 0.29) is 10.8 Å². The first kappa shape index (κ1) is 14.2. The predicted octanol–water partition coefficient (Wildman–Crippen LogP) is 4.97. The average molecular weight is 254 g/mol. The molecule has 1 aliphatic carbocycles. The van der Waals surface area contributed by atoms with Crippen molar-refractivity contribution in [2.45, 2.75) is 71.1 Å². The van der Waals surface area contributed by atoms with Crippen molar-refractivity contribution in [3.8, 4) is 12.3 Å². The third-order valence-electron chi connectivity index (χ3n) is 4.75.